The van der Waals surface area contributed by atoms with E-state index in [4.69, 9.17) is 4.74 Å². The van der Waals surface area contributed by atoms with Crippen LogP contribution in [0, 0.1) is 0 Å². The molecule has 1 N–H and O–H groups in total. The molecule has 0 aliphatic carbocycles. The van der Waals surface area contributed by atoms with E-state index in [1.807, 2.05) is 48.5 Å². The molecule has 1 saturated heterocycles. The zero-order valence-corrected chi connectivity index (χ0v) is 14.0. The fourth-order valence-electron chi connectivity index (χ4n) is 3.81. The number of aliphatic hydroxyl groups excluding tert-OH is 1. The molecular weight excluding hydrogens is 300 g/mol. The lowest BCUT2D eigenvalue weighted by Crippen LogP contribution is -2.51. The van der Waals surface area contributed by atoms with Gasteiger partial charge in [0.2, 0.25) is 0 Å². The Balaban J connectivity index is 1.70. The minimum atomic E-state index is -0.578. The van der Waals surface area contributed by atoms with Gasteiger partial charge < -0.3 is 14.7 Å². The fourth-order valence-corrected chi connectivity index (χ4v) is 3.81. The zero-order valence-electron chi connectivity index (χ0n) is 14.0. The number of fused-ring (bicyclic) bond motifs is 1. The normalized spacial score (nSPS) is 28.2. The van der Waals surface area contributed by atoms with Crippen molar-refractivity contribution in [3.8, 4) is 5.75 Å². The lowest BCUT2D eigenvalue weighted by atomic mass is 9.88. The molecular formula is C20H24N2O2. The zero-order chi connectivity index (χ0) is 16.5. The molecule has 126 valence electrons. The summed E-state index contributed by atoms with van der Waals surface area (Å²) in [5, 5.41) is 11.2. The molecule has 0 bridgehead atoms. The number of aliphatic hydroxyl groups is 1. The summed E-state index contributed by atoms with van der Waals surface area (Å²) in [6.45, 7) is 3.99. The van der Waals surface area contributed by atoms with Crippen LogP contribution in [0.3, 0.4) is 0 Å². The summed E-state index contributed by atoms with van der Waals surface area (Å²) < 4.78 is 6.19. The Bertz CT molecular complexity index is 683. The third-order valence-corrected chi connectivity index (χ3v) is 5.18. The highest BCUT2D eigenvalue weighted by atomic mass is 16.5. The molecule has 2 aliphatic rings. The molecule has 2 aromatic carbocycles. The molecule has 24 heavy (non-hydrogen) atoms. The number of rotatable bonds is 2. The second-order valence-electron chi connectivity index (χ2n) is 6.76. The summed E-state index contributed by atoms with van der Waals surface area (Å²) in [7, 11) is 2.15. The molecule has 3 unspecified atom stereocenters. The summed E-state index contributed by atoms with van der Waals surface area (Å²) >= 11 is 0. The maximum Gasteiger partial charge on any atom is 0.151 e. The van der Waals surface area contributed by atoms with E-state index in [2.05, 4.69) is 22.9 Å². The highest BCUT2D eigenvalue weighted by Crippen LogP contribution is 2.43. The first-order valence-electron chi connectivity index (χ1n) is 8.65. The van der Waals surface area contributed by atoms with E-state index in [1.54, 1.807) is 0 Å². The van der Waals surface area contributed by atoms with Crippen LogP contribution >= 0.6 is 0 Å². The molecule has 2 aliphatic heterocycles. The van der Waals surface area contributed by atoms with Gasteiger partial charge in [-0.25, -0.2) is 0 Å². The fraction of sp³-hybridized carbons (Fsp3) is 0.400. The summed E-state index contributed by atoms with van der Waals surface area (Å²) in [5.41, 5.74) is 2.13. The molecule has 0 aromatic heterocycles. The third kappa shape index (κ3) is 2.81. The highest BCUT2D eigenvalue weighted by Gasteiger charge is 2.41. The van der Waals surface area contributed by atoms with Crippen molar-refractivity contribution >= 4 is 0 Å². The van der Waals surface area contributed by atoms with Crippen LogP contribution in [0.5, 0.6) is 5.75 Å². The number of likely N-dealkylation sites (N-methyl/N-ethyl adjacent to an activating group) is 1. The van der Waals surface area contributed by atoms with Crippen molar-refractivity contribution in [2.75, 3.05) is 33.2 Å². The molecule has 3 atom stereocenters. The number of ether oxygens (including phenoxy) is 1. The molecule has 2 heterocycles. The average molecular weight is 324 g/mol. The van der Waals surface area contributed by atoms with Crippen molar-refractivity contribution in [3.63, 3.8) is 0 Å². The predicted molar refractivity (Wildman–Crippen MR) is 94.1 cm³/mol. The van der Waals surface area contributed by atoms with E-state index in [0.29, 0.717) is 0 Å². The van der Waals surface area contributed by atoms with Crippen LogP contribution in [0.4, 0.5) is 0 Å². The van der Waals surface area contributed by atoms with Gasteiger partial charge in [0.15, 0.2) is 6.10 Å². The highest BCUT2D eigenvalue weighted by molar-refractivity contribution is 5.41. The molecule has 0 amide bonds. The minimum absolute atomic E-state index is 0.0196. The van der Waals surface area contributed by atoms with Gasteiger partial charge in [-0.3, -0.25) is 4.90 Å². The number of hydrogen-bond acceptors (Lipinski definition) is 4. The SMILES string of the molecule is CN1CCN(C2c3ccccc3OC(c3ccccc3)C2O)CC1. The Kier molecular flexibility index (Phi) is 4.27. The molecule has 0 spiro atoms. The Morgan fingerprint density at radius 2 is 1.58 bits per heavy atom. The van der Waals surface area contributed by atoms with Gasteiger partial charge in [-0.15, -0.1) is 0 Å². The Hall–Kier alpha value is -1.88. The minimum Gasteiger partial charge on any atom is -0.483 e. The number of nitrogens with zero attached hydrogens (tertiary/aromatic N) is 2. The summed E-state index contributed by atoms with van der Waals surface area (Å²) in [6.07, 6.45) is -0.906. The maximum atomic E-state index is 11.2. The molecule has 2 aromatic rings. The van der Waals surface area contributed by atoms with Gasteiger partial charge in [0.05, 0.1) is 6.04 Å². The Labute approximate surface area is 143 Å². The van der Waals surface area contributed by atoms with Gasteiger partial charge in [0.1, 0.15) is 11.9 Å². The Morgan fingerprint density at radius 1 is 0.917 bits per heavy atom. The molecule has 0 radical (unpaired) electrons. The second-order valence-corrected chi connectivity index (χ2v) is 6.76. The molecule has 4 rings (SSSR count). The summed E-state index contributed by atoms with van der Waals surface area (Å²) in [5.74, 6) is 0.889. The van der Waals surface area contributed by atoms with E-state index in [9.17, 15) is 5.11 Å². The first-order chi connectivity index (χ1) is 11.7. The van der Waals surface area contributed by atoms with Crippen molar-refractivity contribution in [2.45, 2.75) is 18.2 Å². The maximum absolute atomic E-state index is 11.2. The number of piperazine rings is 1. The van der Waals surface area contributed by atoms with Gasteiger partial charge >= 0.3 is 0 Å². The third-order valence-electron chi connectivity index (χ3n) is 5.18. The van der Waals surface area contributed by atoms with E-state index in [-0.39, 0.29) is 12.1 Å². The first kappa shape index (κ1) is 15.6. The van der Waals surface area contributed by atoms with Crippen LogP contribution in [0.2, 0.25) is 0 Å². The van der Waals surface area contributed by atoms with Crippen molar-refractivity contribution in [2.24, 2.45) is 0 Å². The molecule has 4 heteroatoms. The molecule has 1 fully saturated rings. The second kappa shape index (κ2) is 6.55. The number of para-hydroxylation sites is 1. The van der Waals surface area contributed by atoms with Gasteiger partial charge in [0.25, 0.3) is 0 Å². The predicted octanol–water partition coefficient (Wildman–Crippen LogP) is 2.47. The van der Waals surface area contributed by atoms with Gasteiger partial charge in [-0.05, 0) is 18.7 Å². The lowest BCUT2D eigenvalue weighted by molar-refractivity contribution is -0.0572. The van der Waals surface area contributed by atoms with E-state index < -0.39 is 6.10 Å². The monoisotopic (exact) mass is 324 g/mol. The molecule has 4 nitrogen and oxygen atoms in total. The average Bonchev–Trinajstić information content (AvgIpc) is 2.63. The smallest absolute Gasteiger partial charge is 0.151 e. The van der Waals surface area contributed by atoms with Gasteiger partial charge in [-0.2, -0.15) is 0 Å². The quantitative estimate of drug-likeness (QED) is 0.921. The summed E-state index contributed by atoms with van der Waals surface area (Å²) in [4.78, 5) is 4.74. The van der Waals surface area contributed by atoms with Crippen molar-refractivity contribution < 1.29 is 9.84 Å². The van der Waals surface area contributed by atoms with E-state index in [1.165, 1.54) is 0 Å². The lowest BCUT2D eigenvalue weighted by Gasteiger charge is -2.45. The number of benzene rings is 2. The number of hydrogen-bond donors (Lipinski definition) is 1. The van der Waals surface area contributed by atoms with Crippen molar-refractivity contribution in [1.29, 1.82) is 0 Å². The van der Waals surface area contributed by atoms with Gasteiger partial charge in [0, 0.05) is 31.7 Å². The topological polar surface area (TPSA) is 35.9 Å². The van der Waals surface area contributed by atoms with Crippen LogP contribution in [-0.4, -0.2) is 54.2 Å². The first-order valence-corrected chi connectivity index (χ1v) is 8.65. The van der Waals surface area contributed by atoms with E-state index >= 15 is 0 Å². The summed E-state index contributed by atoms with van der Waals surface area (Å²) in [6, 6.07) is 18.2. The van der Waals surface area contributed by atoms with Crippen LogP contribution in [-0.2, 0) is 0 Å². The van der Waals surface area contributed by atoms with Crippen LogP contribution < -0.4 is 4.74 Å². The van der Waals surface area contributed by atoms with Crippen LogP contribution in [0.15, 0.2) is 54.6 Å². The van der Waals surface area contributed by atoms with Crippen molar-refractivity contribution in [3.05, 3.63) is 65.7 Å². The molecule has 0 saturated carbocycles. The van der Waals surface area contributed by atoms with E-state index in [0.717, 1.165) is 43.1 Å². The Morgan fingerprint density at radius 3 is 2.33 bits per heavy atom. The largest absolute Gasteiger partial charge is 0.483 e. The van der Waals surface area contributed by atoms with Crippen LogP contribution in [0.25, 0.3) is 0 Å². The standard InChI is InChI=1S/C20H24N2O2/c1-21-11-13-22(14-12-21)18-16-9-5-6-10-17(16)24-20(19(18)23)15-7-3-2-4-8-15/h2-10,18-20,23H,11-14H2,1H3. The van der Waals surface area contributed by atoms with Gasteiger partial charge in [-0.1, -0.05) is 48.5 Å². The van der Waals surface area contributed by atoms with Crippen LogP contribution in [0.1, 0.15) is 23.3 Å². The van der Waals surface area contributed by atoms with Crippen molar-refractivity contribution in [1.82, 2.24) is 9.80 Å².